The highest BCUT2D eigenvalue weighted by Gasteiger charge is 2.17. The van der Waals surface area contributed by atoms with Gasteiger partial charge in [0.2, 0.25) is 0 Å². The van der Waals surface area contributed by atoms with E-state index in [4.69, 9.17) is 25.8 Å². The fourth-order valence-electron chi connectivity index (χ4n) is 2.53. The zero-order valence-electron chi connectivity index (χ0n) is 15.2. The van der Waals surface area contributed by atoms with Crippen molar-refractivity contribution in [2.75, 3.05) is 33.5 Å². The van der Waals surface area contributed by atoms with E-state index in [0.29, 0.717) is 24.8 Å². The normalized spacial score (nSPS) is 18.9. The Morgan fingerprint density at radius 2 is 2.32 bits per heavy atom. The Morgan fingerprint density at radius 3 is 3.00 bits per heavy atom. The summed E-state index contributed by atoms with van der Waals surface area (Å²) in [4.78, 5) is 4.63. The molecule has 2 N–H and O–H groups in total. The molecule has 1 saturated heterocycles. The standard InChI is InChI=1S/C18H28ClN3O3/c1-4-20-18(22-13(2)11-25-16-7-8-24-12-16)21-10-14-5-6-15(19)9-17(14)23-3/h5-6,9,13,16H,4,7-8,10-12H2,1-3H3,(H2,20,21,22). The van der Waals surface area contributed by atoms with Crippen LogP contribution in [-0.2, 0) is 16.0 Å². The Labute approximate surface area is 154 Å². The van der Waals surface area contributed by atoms with Gasteiger partial charge in [-0.25, -0.2) is 4.99 Å². The van der Waals surface area contributed by atoms with Crippen molar-refractivity contribution in [2.24, 2.45) is 4.99 Å². The van der Waals surface area contributed by atoms with Gasteiger partial charge in [-0.2, -0.15) is 0 Å². The summed E-state index contributed by atoms with van der Waals surface area (Å²) in [5.74, 6) is 1.49. The zero-order chi connectivity index (χ0) is 18.1. The van der Waals surface area contributed by atoms with Gasteiger partial charge in [0, 0.05) is 29.8 Å². The molecule has 6 nitrogen and oxygen atoms in total. The van der Waals surface area contributed by atoms with Crippen LogP contribution >= 0.6 is 11.6 Å². The number of halogens is 1. The highest BCUT2D eigenvalue weighted by molar-refractivity contribution is 6.30. The van der Waals surface area contributed by atoms with Crippen molar-refractivity contribution in [2.45, 2.75) is 39.0 Å². The van der Waals surface area contributed by atoms with Gasteiger partial charge < -0.3 is 24.8 Å². The topological polar surface area (TPSA) is 64.1 Å². The van der Waals surface area contributed by atoms with Crippen LogP contribution in [0.5, 0.6) is 5.75 Å². The highest BCUT2D eigenvalue weighted by atomic mass is 35.5. The third-order valence-corrected chi connectivity index (χ3v) is 4.09. The van der Waals surface area contributed by atoms with Crippen molar-refractivity contribution in [1.82, 2.24) is 10.6 Å². The molecule has 0 bridgehead atoms. The number of hydrogen-bond acceptors (Lipinski definition) is 4. The first-order valence-electron chi connectivity index (χ1n) is 8.69. The SMILES string of the molecule is CCNC(=NCc1ccc(Cl)cc1OC)NC(C)COC1CCOC1. The minimum absolute atomic E-state index is 0.144. The molecule has 0 aliphatic carbocycles. The maximum absolute atomic E-state index is 6.00. The predicted molar refractivity (Wildman–Crippen MR) is 101 cm³/mol. The molecule has 1 fully saturated rings. The second-order valence-corrected chi connectivity index (χ2v) is 6.45. The summed E-state index contributed by atoms with van der Waals surface area (Å²) in [7, 11) is 1.63. The minimum Gasteiger partial charge on any atom is -0.496 e. The van der Waals surface area contributed by atoms with E-state index in [9.17, 15) is 0 Å². The van der Waals surface area contributed by atoms with Crippen LogP contribution in [0.15, 0.2) is 23.2 Å². The molecule has 0 saturated carbocycles. The van der Waals surface area contributed by atoms with Crippen molar-refractivity contribution in [3.05, 3.63) is 28.8 Å². The van der Waals surface area contributed by atoms with Crippen molar-refractivity contribution < 1.29 is 14.2 Å². The molecule has 2 atom stereocenters. The lowest BCUT2D eigenvalue weighted by atomic mass is 10.2. The number of ether oxygens (including phenoxy) is 3. The monoisotopic (exact) mass is 369 g/mol. The number of nitrogens with one attached hydrogen (secondary N) is 2. The summed E-state index contributed by atoms with van der Waals surface area (Å²) >= 11 is 6.00. The molecule has 0 aromatic heterocycles. The first kappa shape index (κ1) is 19.8. The van der Waals surface area contributed by atoms with E-state index in [-0.39, 0.29) is 12.1 Å². The van der Waals surface area contributed by atoms with E-state index in [0.717, 1.165) is 36.8 Å². The molecular weight excluding hydrogens is 342 g/mol. The summed E-state index contributed by atoms with van der Waals surface area (Å²) in [5.41, 5.74) is 0.983. The van der Waals surface area contributed by atoms with Crippen molar-refractivity contribution in [3.8, 4) is 5.75 Å². The molecule has 7 heteroatoms. The molecule has 1 heterocycles. The van der Waals surface area contributed by atoms with Gasteiger partial charge in [-0.05, 0) is 32.4 Å². The fraction of sp³-hybridized carbons (Fsp3) is 0.611. The average Bonchev–Trinajstić information content (AvgIpc) is 3.12. The molecule has 140 valence electrons. The summed E-state index contributed by atoms with van der Waals surface area (Å²) in [6, 6.07) is 5.72. The first-order valence-corrected chi connectivity index (χ1v) is 9.06. The van der Waals surface area contributed by atoms with E-state index in [1.807, 2.05) is 19.1 Å². The van der Waals surface area contributed by atoms with Gasteiger partial charge in [0.15, 0.2) is 5.96 Å². The number of guanidine groups is 1. The average molecular weight is 370 g/mol. The molecule has 0 amide bonds. The van der Waals surface area contributed by atoms with Crippen LogP contribution in [0.25, 0.3) is 0 Å². The summed E-state index contributed by atoms with van der Waals surface area (Å²) in [6.45, 7) is 7.50. The van der Waals surface area contributed by atoms with Gasteiger partial charge in [-0.1, -0.05) is 17.7 Å². The van der Waals surface area contributed by atoms with Crippen LogP contribution in [-0.4, -0.2) is 51.6 Å². The van der Waals surface area contributed by atoms with Gasteiger partial charge in [0.1, 0.15) is 5.75 Å². The maximum Gasteiger partial charge on any atom is 0.191 e. The number of aliphatic imine (C=N–C) groups is 1. The number of methoxy groups -OCH3 is 1. The molecule has 1 aliphatic heterocycles. The Morgan fingerprint density at radius 1 is 1.48 bits per heavy atom. The number of rotatable bonds is 8. The van der Waals surface area contributed by atoms with E-state index in [1.165, 1.54) is 0 Å². The Kier molecular flexibility index (Phi) is 8.31. The summed E-state index contributed by atoms with van der Waals surface area (Å²) < 4.78 is 16.5. The lowest BCUT2D eigenvalue weighted by Gasteiger charge is -2.19. The zero-order valence-corrected chi connectivity index (χ0v) is 15.9. The van der Waals surface area contributed by atoms with Gasteiger partial charge in [0.05, 0.1) is 33.0 Å². The van der Waals surface area contributed by atoms with Crippen LogP contribution in [0.3, 0.4) is 0 Å². The number of nitrogens with zero attached hydrogens (tertiary/aromatic N) is 1. The molecule has 1 aliphatic rings. The third-order valence-electron chi connectivity index (χ3n) is 3.85. The van der Waals surface area contributed by atoms with E-state index < -0.39 is 0 Å². The Bertz CT molecular complexity index is 562. The molecule has 1 aromatic carbocycles. The minimum atomic E-state index is 0.144. The van der Waals surface area contributed by atoms with Crippen LogP contribution in [0.1, 0.15) is 25.8 Å². The lowest BCUT2D eigenvalue weighted by Crippen LogP contribution is -2.44. The second-order valence-electron chi connectivity index (χ2n) is 6.02. The number of hydrogen-bond donors (Lipinski definition) is 2. The van der Waals surface area contributed by atoms with E-state index in [2.05, 4.69) is 22.5 Å². The summed E-state index contributed by atoms with van der Waals surface area (Å²) in [6.07, 6.45) is 1.18. The largest absolute Gasteiger partial charge is 0.496 e. The lowest BCUT2D eigenvalue weighted by molar-refractivity contribution is 0.0347. The third kappa shape index (κ3) is 6.72. The Balaban J connectivity index is 1.90. The predicted octanol–water partition coefficient (Wildman–Crippen LogP) is 2.60. The first-order chi connectivity index (χ1) is 12.1. The molecule has 25 heavy (non-hydrogen) atoms. The molecule has 1 aromatic rings. The molecule has 0 spiro atoms. The van der Waals surface area contributed by atoms with Crippen LogP contribution in [0, 0.1) is 0 Å². The van der Waals surface area contributed by atoms with Gasteiger partial charge >= 0.3 is 0 Å². The van der Waals surface area contributed by atoms with E-state index in [1.54, 1.807) is 13.2 Å². The van der Waals surface area contributed by atoms with Crippen LogP contribution in [0.2, 0.25) is 5.02 Å². The highest BCUT2D eigenvalue weighted by Crippen LogP contribution is 2.23. The van der Waals surface area contributed by atoms with Crippen LogP contribution in [0.4, 0.5) is 0 Å². The molecule has 2 rings (SSSR count). The molecule has 0 radical (unpaired) electrons. The van der Waals surface area contributed by atoms with Crippen LogP contribution < -0.4 is 15.4 Å². The van der Waals surface area contributed by atoms with E-state index >= 15 is 0 Å². The van der Waals surface area contributed by atoms with Crippen molar-refractivity contribution in [1.29, 1.82) is 0 Å². The number of benzene rings is 1. The fourth-order valence-corrected chi connectivity index (χ4v) is 2.70. The Hall–Kier alpha value is -1.50. The quantitative estimate of drug-likeness (QED) is 0.544. The van der Waals surface area contributed by atoms with Gasteiger partial charge in [-0.3, -0.25) is 0 Å². The smallest absolute Gasteiger partial charge is 0.191 e. The van der Waals surface area contributed by atoms with Crippen molar-refractivity contribution >= 4 is 17.6 Å². The van der Waals surface area contributed by atoms with Crippen molar-refractivity contribution in [3.63, 3.8) is 0 Å². The molecule has 2 unspecified atom stereocenters. The maximum atomic E-state index is 6.00. The molecular formula is C18H28ClN3O3. The van der Waals surface area contributed by atoms with Gasteiger partial charge in [-0.15, -0.1) is 0 Å². The summed E-state index contributed by atoms with van der Waals surface area (Å²) in [5, 5.41) is 7.27. The second kappa shape index (κ2) is 10.5. The van der Waals surface area contributed by atoms with Gasteiger partial charge in [0.25, 0.3) is 0 Å².